The van der Waals surface area contributed by atoms with Crippen molar-refractivity contribution in [2.45, 2.75) is 12.5 Å². The van der Waals surface area contributed by atoms with E-state index in [-0.39, 0.29) is 29.6 Å². The van der Waals surface area contributed by atoms with Crippen molar-refractivity contribution in [1.82, 2.24) is 0 Å². The molecule has 0 aliphatic rings. The van der Waals surface area contributed by atoms with Gasteiger partial charge in [0, 0.05) is 11.6 Å². The highest BCUT2D eigenvalue weighted by Gasteiger charge is 2.11. The van der Waals surface area contributed by atoms with E-state index in [9.17, 15) is 5.11 Å². The summed E-state index contributed by atoms with van der Waals surface area (Å²) < 4.78 is 0. The Bertz CT molecular complexity index is 349. The molecule has 14 heavy (non-hydrogen) atoms. The summed E-state index contributed by atoms with van der Waals surface area (Å²) >= 11 is 5.67. The minimum Gasteiger partial charge on any atom is -0.506 e. The van der Waals surface area contributed by atoms with Crippen LogP contribution in [0.25, 0.3) is 0 Å². The molecule has 3 nitrogen and oxygen atoms in total. The Morgan fingerprint density at radius 2 is 2.21 bits per heavy atom. The van der Waals surface area contributed by atoms with Gasteiger partial charge >= 0.3 is 0 Å². The monoisotopic (exact) mass is 232 g/mol. The Labute approximate surface area is 93.5 Å². The van der Waals surface area contributed by atoms with Gasteiger partial charge in [-0.15, -0.1) is 12.4 Å². The second-order valence-electron chi connectivity index (χ2n) is 2.65. The zero-order valence-corrected chi connectivity index (χ0v) is 8.85. The summed E-state index contributed by atoms with van der Waals surface area (Å²) in [5, 5.41) is 18.1. The van der Waals surface area contributed by atoms with Gasteiger partial charge in [-0.05, 0) is 6.07 Å². The molecule has 0 bridgehead atoms. The molecule has 3 N–H and O–H groups in total. The summed E-state index contributed by atoms with van der Waals surface area (Å²) in [6.45, 7) is 0. The standard InChI is InChI=1S/C9H9ClN2O.ClH/c10-7-3-1-2-6(9(7)13)8(12)4-5-11;/h1-3,8,13H,4,12H2;1H/t8-;/m0./s1. The number of nitrogens with zero attached hydrogens (tertiary/aromatic N) is 1. The quantitative estimate of drug-likeness (QED) is 0.823. The lowest BCUT2D eigenvalue weighted by Gasteiger charge is -2.10. The molecule has 0 unspecified atom stereocenters. The number of hydrogen-bond donors (Lipinski definition) is 2. The van der Waals surface area contributed by atoms with E-state index in [0.29, 0.717) is 5.56 Å². The second-order valence-corrected chi connectivity index (χ2v) is 3.05. The Morgan fingerprint density at radius 1 is 1.57 bits per heavy atom. The summed E-state index contributed by atoms with van der Waals surface area (Å²) in [6, 6.07) is 6.36. The molecule has 0 saturated carbocycles. The molecule has 0 spiro atoms. The predicted molar refractivity (Wildman–Crippen MR) is 57.5 cm³/mol. The van der Waals surface area contributed by atoms with Crippen LogP contribution in [0.5, 0.6) is 5.75 Å². The summed E-state index contributed by atoms with van der Waals surface area (Å²) in [5.41, 5.74) is 6.14. The van der Waals surface area contributed by atoms with Gasteiger partial charge in [0.2, 0.25) is 0 Å². The van der Waals surface area contributed by atoms with Gasteiger partial charge in [0.1, 0.15) is 5.75 Å². The Morgan fingerprint density at radius 3 is 2.79 bits per heavy atom. The van der Waals surface area contributed by atoms with Crippen molar-refractivity contribution < 1.29 is 5.11 Å². The first-order chi connectivity index (χ1) is 6.16. The van der Waals surface area contributed by atoms with Crippen molar-refractivity contribution >= 4 is 24.0 Å². The van der Waals surface area contributed by atoms with Crippen molar-refractivity contribution in [2.24, 2.45) is 5.73 Å². The van der Waals surface area contributed by atoms with Crippen molar-refractivity contribution in [3.63, 3.8) is 0 Å². The van der Waals surface area contributed by atoms with Gasteiger partial charge in [-0.3, -0.25) is 0 Å². The molecule has 1 aromatic rings. The molecular formula is C9H10Cl2N2O. The number of aromatic hydroxyl groups is 1. The van der Waals surface area contributed by atoms with Crippen molar-refractivity contribution in [2.75, 3.05) is 0 Å². The molecule has 0 aromatic heterocycles. The lowest BCUT2D eigenvalue weighted by Crippen LogP contribution is -2.09. The van der Waals surface area contributed by atoms with Crippen LogP contribution in [-0.4, -0.2) is 5.11 Å². The number of halogens is 2. The SMILES string of the molecule is Cl.N#CC[C@H](N)c1cccc(Cl)c1O. The van der Waals surface area contributed by atoms with Crippen LogP contribution in [0.4, 0.5) is 0 Å². The lowest BCUT2D eigenvalue weighted by molar-refractivity contribution is 0.462. The van der Waals surface area contributed by atoms with Gasteiger partial charge in [-0.25, -0.2) is 0 Å². The van der Waals surface area contributed by atoms with Gasteiger partial charge in [0.05, 0.1) is 17.5 Å². The van der Waals surface area contributed by atoms with Crippen molar-refractivity contribution in [3.05, 3.63) is 28.8 Å². The maximum Gasteiger partial charge on any atom is 0.138 e. The maximum absolute atomic E-state index is 9.47. The second kappa shape index (κ2) is 5.71. The Hall–Kier alpha value is -0.950. The fraction of sp³-hybridized carbons (Fsp3) is 0.222. The predicted octanol–water partition coefficient (Wildman–Crippen LogP) is 2.38. The first kappa shape index (κ1) is 13.1. The maximum atomic E-state index is 9.47. The molecule has 5 heteroatoms. The van der Waals surface area contributed by atoms with Crippen LogP contribution in [0.3, 0.4) is 0 Å². The smallest absolute Gasteiger partial charge is 0.138 e. The van der Waals surface area contributed by atoms with Gasteiger partial charge in [0.25, 0.3) is 0 Å². The largest absolute Gasteiger partial charge is 0.506 e. The van der Waals surface area contributed by atoms with Crippen LogP contribution in [0, 0.1) is 11.3 Å². The van der Waals surface area contributed by atoms with Crippen LogP contribution < -0.4 is 5.73 Å². The molecule has 76 valence electrons. The van der Waals surface area contributed by atoms with E-state index in [4.69, 9.17) is 22.6 Å². The average molecular weight is 233 g/mol. The zero-order valence-electron chi connectivity index (χ0n) is 7.27. The third-order valence-corrected chi connectivity index (χ3v) is 2.03. The number of rotatable bonds is 2. The van der Waals surface area contributed by atoms with Crippen molar-refractivity contribution in [3.8, 4) is 11.8 Å². The Balaban J connectivity index is 0.00000169. The van der Waals surface area contributed by atoms with Crippen molar-refractivity contribution in [1.29, 1.82) is 5.26 Å². The van der Waals surface area contributed by atoms with Gasteiger partial charge < -0.3 is 10.8 Å². The summed E-state index contributed by atoms with van der Waals surface area (Å²) in [7, 11) is 0. The average Bonchev–Trinajstić information content (AvgIpc) is 2.10. The molecule has 0 heterocycles. The minimum atomic E-state index is -0.483. The summed E-state index contributed by atoms with van der Waals surface area (Å²) in [6.07, 6.45) is 0.161. The Kier molecular flexibility index (Phi) is 5.32. The molecular weight excluding hydrogens is 223 g/mol. The van der Waals surface area contributed by atoms with Gasteiger partial charge in [0.15, 0.2) is 0 Å². The summed E-state index contributed by atoms with van der Waals surface area (Å²) in [5.74, 6) is -0.0353. The summed E-state index contributed by atoms with van der Waals surface area (Å²) in [4.78, 5) is 0. The van der Waals surface area contributed by atoms with Crippen LogP contribution in [0.2, 0.25) is 5.02 Å². The first-order valence-corrected chi connectivity index (χ1v) is 4.14. The van der Waals surface area contributed by atoms with Crippen LogP contribution in [0.1, 0.15) is 18.0 Å². The fourth-order valence-corrected chi connectivity index (χ4v) is 1.22. The number of benzene rings is 1. The first-order valence-electron chi connectivity index (χ1n) is 3.76. The number of hydrogen-bond acceptors (Lipinski definition) is 3. The highest BCUT2D eigenvalue weighted by molar-refractivity contribution is 6.32. The highest BCUT2D eigenvalue weighted by atomic mass is 35.5. The molecule has 1 rings (SSSR count). The van der Waals surface area contributed by atoms with E-state index in [1.165, 1.54) is 0 Å². The van der Waals surface area contributed by atoms with Crippen LogP contribution >= 0.6 is 24.0 Å². The molecule has 1 aromatic carbocycles. The molecule has 0 fully saturated rings. The van der Waals surface area contributed by atoms with Gasteiger partial charge in [-0.2, -0.15) is 5.26 Å². The number of nitriles is 1. The van der Waals surface area contributed by atoms with E-state index in [1.54, 1.807) is 18.2 Å². The number of phenolic OH excluding ortho intramolecular Hbond substituents is 1. The van der Waals surface area contributed by atoms with Crippen LogP contribution in [-0.2, 0) is 0 Å². The van der Waals surface area contributed by atoms with E-state index in [0.717, 1.165) is 0 Å². The molecule has 0 radical (unpaired) electrons. The van der Waals surface area contributed by atoms with E-state index >= 15 is 0 Å². The topological polar surface area (TPSA) is 70.0 Å². The molecule has 0 aliphatic carbocycles. The zero-order chi connectivity index (χ0) is 9.84. The lowest BCUT2D eigenvalue weighted by atomic mass is 10.0. The molecule has 1 atom stereocenters. The van der Waals surface area contributed by atoms with Crippen LogP contribution in [0.15, 0.2) is 18.2 Å². The molecule has 0 amide bonds. The van der Waals surface area contributed by atoms with E-state index < -0.39 is 6.04 Å². The number of para-hydroxylation sites is 1. The fourth-order valence-electron chi connectivity index (χ4n) is 1.04. The molecule has 0 aliphatic heterocycles. The van der Waals surface area contributed by atoms with E-state index in [2.05, 4.69) is 0 Å². The van der Waals surface area contributed by atoms with E-state index in [1.807, 2.05) is 6.07 Å². The third-order valence-electron chi connectivity index (χ3n) is 1.73. The minimum absolute atomic E-state index is 0. The number of phenols is 1. The highest BCUT2D eigenvalue weighted by Crippen LogP contribution is 2.31. The third kappa shape index (κ3) is 2.78. The number of nitrogens with two attached hydrogens (primary N) is 1. The molecule has 0 saturated heterocycles. The normalized spacial score (nSPS) is 11.2. The van der Waals surface area contributed by atoms with Gasteiger partial charge in [-0.1, -0.05) is 23.7 Å².